The van der Waals surface area contributed by atoms with Gasteiger partial charge in [-0.05, 0) is 6.92 Å². The number of carbonyl (C=O) groups is 1. The van der Waals surface area contributed by atoms with Crippen molar-refractivity contribution in [3.63, 3.8) is 0 Å². The lowest BCUT2D eigenvalue weighted by atomic mass is 10.1. The van der Waals surface area contributed by atoms with Crippen LogP contribution in [0, 0.1) is 5.92 Å². The first-order chi connectivity index (χ1) is 7.15. The molecule has 0 saturated carbocycles. The van der Waals surface area contributed by atoms with Crippen LogP contribution in [-0.2, 0) is 4.79 Å². The third-order valence-electron chi connectivity index (χ3n) is 2.78. The van der Waals surface area contributed by atoms with E-state index in [0.717, 1.165) is 32.7 Å². The van der Waals surface area contributed by atoms with Crippen LogP contribution in [-0.4, -0.2) is 48.4 Å². The van der Waals surface area contributed by atoms with Crippen molar-refractivity contribution in [2.45, 2.75) is 20.8 Å². The van der Waals surface area contributed by atoms with Crippen molar-refractivity contribution in [1.82, 2.24) is 9.80 Å². The molecule has 0 radical (unpaired) electrons. The molecule has 0 N–H and O–H groups in total. The standard InChI is InChI=1S/C12H22N2O/c1-4-5-6-13-7-9-14(10-8-13)12(15)11(2)3/h4-5,11H,6-10H2,1-3H3/b5-4+. The van der Waals surface area contributed by atoms with E-state index in [1.807, 2.05) is 25.7 Å². The molecule has 0 unspecified atom stereocenters. The number of carbonyl (C=O) groups excluding carboxylic acids is 1. The van der Waals surface area contributed by atoms with Crippen LogP contribution < -0.4 is 0 Å². The van der Waals surface area contributed by atoms with Crippen LogP contribution in [0.3, 0.4) is 0 Å². The highest BCUT2D eigenvalue weighted by Crippen LogP contribution is 2.06. The van der Waals surface area contributed by atoms with Crippen molar-refractivity contribution >= 4 is 5.91 Å². The maximum Gasteiger partial charge on any atom is 0.225 e. The summed E-state index contributed by atoms with van der Waals surface area (Å²) in [6, 6.07) is 0. The molecule has 86 valence electrons. The number of hydrogen-bond donors (Lipinski definition) is 0. The van der Waals surface area contributed by atoms with Gasteiger partial charge in [-0.15, -0.1) is 0 Å². The smallest absolute Gasteiger partial charge is 0.225 e. The third kappa shape index (κ3) is 3.67. The lowest BCUT2D eigenvalue weighted by Gasteiger charge is -2.35. The quantitative estimate of drug-likeness (QED) is 0.657. The summed E-state index contributed by atoms with van der Waals surface area (Å²) in [5, 5.41) is 0. The Bertz CT molecular complexity index is 228. The molecule has 0 aliphatic carbocycles. The fourth-order valence-corrected chi connectivity index (χ4v) is 1.77. The Kier molecular flexibility index (Phi) is 4.82. The molecule has 0 spiro atoms. The van der Waals surface area contributed by atoms with E-state index in [9.17, 15) is 4.79 Å². The number of amides is 1. The van der Waals surface area contributed by atoms with Crippen LogP contribution in [0.15, 0.2) is 12.2 Å². The molecular weight excluding hydrogens is 188 g/mol. The van der Waals surface area contributed by atoms with Crippen LogP contribution in [0.5, 0.6) is 0 Å². The molecule has 1 aliphatic rings. The number of hydrogen-bond acceptors (Lipinski definition) is 2. The van der Waals surface area contributed by atoms with Gasteiger partial charge in [-0.2, -0.15) is 0 Å². The summed E-state index contributed by atoms with van der Waals surface area (Å²) in [4.78, 5) is 16.1. The van der Waals surface area contributed by atoms with Gasteiger partial charge < -0.3 is 4.90 Å². The van der Waals surface area contributed by atoms with Crippen molar-refractivity contribution in [3.8, 4) is 0 Å². The second kappa shape index (κ2) is 5.91. The van der Waals surface area contributed by atoms with Gasteiger partial charge in [0.1, 0.15) is 0 Å². The summed E-state index contributed by atoms with van der Waals surface area (Å²) in [5.74, 6) is 0.424. The lowest BCUT2D eigenvalue weighted by molar-refractivity contribution is -0.136. The SMILES string of the molecule is C/C=C/CN1CCN(C(=O)C(C)C)CC1. The van der Waals surface area contributed by atoms with E-state index in [-0.39, 0.29) is 5.92 Å². The molecule has 1 aliphatic heterocycles. The zero-order valence-corrected chi connectivity index (χ0v) is 10.1. The molecule has 0 aromatic carbocycles. The molecule has 1 amide bonds. The molecule has 3 nitrogen and oxygen atoms in total. The number of allylic oxidation sites excluding steroid dienone is 1. The van der Waals surface area contributed by atoms with Crippen LogP contribution in [0.1, 0.15) is 20.8 Å². The van der Waals surface area contributed by atoms with Gasteiger partial charge in [0.15, 0.2) is 0 Å². The van der Waals surface area contributed by atoms with E-state index in [1.165, 1.54) is 0 Å². The summed E-state index contributed by atoms with van der Waals surface area (Å²) in [7, 11) is 0. The summed E-state index contributed by atoms with van der Waals surface area (Å²) < 4.78 is 0. The first kappa shape index (κ1) is 12.2. The minimum absolute atomic E-state index is 0.132. The predicted molar refractivity (Wildman–Crippen MR) is 62.7 cm³/mol. The van der Waals surface area contributed by atoms with Gasteiger partial charge in [-0.25, -0.2) is 0 Å². The highest BCUT2D eigenvalue weighted by molar-refractivity contribution is 5.78. The largest absolute Gasteiger partial charge is 0.340 e. The topological polar surface area (TPSA) is 23.6 Å². The molecule has 3 heteroatoms. The second-order valence-corrected chi connectivity index (χ2v) is 4.35. The van der Waals surface area contributed by atoms with E-state index in [4.69, 9.17) is 0 Å². The highest BCUT2D eigenvalue weighted by Gasteiger charge is 2.21. The minimum atomic E-state index is 0.132. The number of rotatable bonds is 3. The molecule has 0 aromatic heterocycles. The first-order valence-corrected chi connectivity index (χ1v) is 5.77. The molecule has 1 saturated heterocycles. The molecule has 0 bridgehead atoms. The predicted octanol–water partition coefficient (Wildman–Crippen LogP) is 1.36. The van der Waals surface area contributed by atoms with Crippen LogP contribution in [0.4, 0.5) is 0 Å². The van der Waals surface area contributed by atoms with E-state index < -0.39 is 0 Å². The Balaban J connectivity index is 2.32. The Labute approximate surface area is 92.7 Å². The van der Waals surface area contributed by atoms with Gasteiger partial charge in [0.2, 0.25) is 5.91 Å². The fourth-order valence-electron chi connectivity index (χ4n) is 1.77. The van der Waals surface area contributed by atoms with Crippen molar-refractivity contribution < 1.29 is 4.79 Å². The second-order valence-electron chi connectivity index (χ2n) is 4.35. The molecule has 0 aromatic rings. The summed E-state index contributed by atoms with van der Waals surface area (Å²) in [6.07, 6.45) is 4.24. The lowest BCUT2D eigenvalue weighted by Crippen LogP contribution is -2.49. The molecule has 1 fully saturated rings. The van der Waals surface area contributed by atoms with Crippen molar-refractivity contribution in [2.24, 2.45) is 5.92 Å². The minimum Gasteiger partial charge on any atom is -0.340 e. The molecule has 0 atom stereocenters. The van der Waals surface area contributed by atoms with Crippen molar-refractivity contribution in [2.75, 3.05) is 32.7 Å². The van der Waals surface area contributed by atoms with Crippen LogP contribution in [0.2, 0.25) is 0 Å². The van der Waals surface area contributed by atoms with E-state index in [1.54, 1.807) is 0 Å². The van der Waals surface area contributed by atoms with Crippen LogP contribution in [0.25, 0.3) is 0 Å². The monoisotopic (exact) mass is 210 g/mol. The zero-order chi connectivity index (χ0) is 11.3. The summed E-state index contributed by atoms with van der Waals surface area (Å²) in [5.41, 5.74) is 0. The molecule has 1 heterocycles. The van der Waals surface area contributed by atoms with Gasteiger partial charge >= 0.3 is 0 Å². The Hall–Kier alpha value is -0.830. The average Bonchev–Trinajstić information content (AvgIpc) is 2.26. The van der Waals surface area contributed by atoms with Gasteiger partial charge in [-0.1, -0.05) is 26.0 Å². The van der Waals surface area contributed by atoms with E-state index in [2.05, 4.69) is 17.1 Å². The van der Waals surface area contributed by atoms with Crippen LogP contribution >= 0.6 is 0 Å². The summed E-state index contributed by atoms with van der Waals surface area (Å²) >= 11 is 0. The van der Waals surface area contributed by atoms with E-state index in [0.29, 0.717) is 5.91 Å². The maximum absolute atomic E-state index is 11.7. The normalized spacial score (nSPS) is 19.1. The first-order valence-electron chi connectivity index (χ1n) is 5.77. The zero-order valence-electron chi connectivity index (χ0n) is 10.1. The molecular formula is C12H22N2O. The Morgan fingerprint density at radius 3 is 2.33 bits per heavy atom. The van der Waals surface area contributed by atoms with Gasteiger partial charge in [0, 0.05) is 38.6 Å². The van der Waals surface area contributed by atoms with Gasteiger partial charge in [-0.3, -0.25) is 9.69 Å². The third-order valence-corrected chi connectivity index (χ3v) is 2.78. The number of nitrogens with zero attached hydrogens (tertiary/aromatic N) is 2. The Morgan fingerprint density at radius 2 is 1.87 bits per heavy atom. The molecule has 1 rings (SSSR count). The van der Waals surface area contributed by atoms with Gasteiger partial charge in [0.05, 0.1) is 0 Å². The van der Waals surface area contributed by atoms with E-state index >= 15 is 0 Å². The van der Waals surface area contributed by atoms with Crippen molar-refractivity contribution in [1.29, 1.82) is 0 Å². The maximum atomic E-state index is 11.7. The average molecular weight is 210 g/mol. The van der Waals surface area contributed by atoms with Crippen molar-refractivity contribution in [3.05, 3.63) is 12.2 Å². The highest BCUT2D eigenvalue weighted by atomic mass is 16.2. The summed E-state index contributed by atoms with van der Waals surface area (Å²) in [6.45, 7) is 10.8. The Morgan fingerprint density at radius 1 is 1.27 bits per heavy atom. The molecule has 15 heavy (non-hydrogen) atoms. The number of piperazine rings is 1. The van der Waals surface area contributed by atoms with Gasteiger partial charge in [0.25, 0.3) is 0 Å². The fraction of sp³-hybridized carbons (Fsp3) is 0.750.